The van der Waals surface area contributed by atoms with E-state index in [4.69, 9.17) is 9.47 Å². The number of carbonyl (C=O) groups excluding carboxylic acids is 1. The highest BCUT2D eigenvalue weighted by atomic mass is 16.5. The molecular formula is C19H19NO5. The average Bonchev–Trinajstić information content (AvgIpc) is 2.61. The lowest BCUT2D eigenvalue weighted by Gasteiger charge is -2.10. The van der Waals surface area contributed by atoms with E-state index in [1.807, 2.05) is 6.92 Å². The van der Waals surface area contributed by atoms with Crippen LogP contribution in [0.15, 0.2) is 48.2 Å². The first-order chi connectivity index (χ1) is 11.9. The topological polar surface area (TPSA) is 84.9 Å². The van der Waals surface area contributed by atoms with Crippen LogP contribution in [0, 0.1) is 6.92 Å². The Morgan fingerprint density at radius 3 is 2.28 bits per heavy atom. The van der Waals surface area contributed by atoms with Gasteiger partial charge in [-0.3, -0.25) is 4.79 Å². The Kier molecular flexibility index (Phi) is 5.79. The molecule has 0 bridgehead atoms. The minimum Gasteiger partial charge on any atom is -0.497 e. The van der Waals surface area contributed by atoms with Crippen molar-refractivity contribution in [2.24, 2.45) is 0 Å². The van der Waals surface area contributed by atoms with E-state index in [2.05, 4.69) is 5.32 Å². The van der Waals surface area contributed by atoms with Gasteiger partial charge in [0.05, 0.1) is 14.2 Å². The van der Waals surface area contributed by atoms with Gasteiger partial charge in [0.15, 0.2) is 0 Å². The van der Waals surface area contributed by atoms with E-state index in [1.54, 1.807) is 42.5 Å². The summed E-state index contributed by atoms with van der Waals surface area (Å²) in [5.74, 6) is -0.758. The fourth-order valence-electron chi connectivity index (χ4n) is 2.16. The SMILES string of the molecule is COc1ccc(OC)c(C=C(NC(=O)c2ccc(C)cc2)C(=O)O)c1. The fraction of sp³-hybridized carbons (Fsp3) is 0.158. The van der Waals surface area contributed by atoms with Crippen molar-refractivity contribution in [1.82, 2.24) is 5.32 Å². The van der Waals surface area contributed by atoms with Crippen LogP contribution in [0.1, 0.15) is 21.5 Å². The first-order valence-electron chi connectivity index (χ1n) is 7.49. The van der Waals surface area contributed by atoms with E-state index in [0.717, 1.165) is 5.56 Å². The molecule has 0 aliphatic heterocycles. The molecule has 1 amide bonds. The van der Waals surface area contributed by atoms with Crippen LogP contribution >= 0.6 is 0 Å². The van der Waals surface area contributed by atoms with Gasteiger partial charge in [-0.2, -0.15) is 0 Å². The van der Waals surface area contributed by atoms with Crippen molar-refractivity contribution < 1.29 is 24.2 Å². The van der Waals surface area contributed by atoms with Crippen molar-refractivity contribution in [2.75, 3.05) is 14.2 Å². The smallest absolute Gasteiger partial charge is 0.352 e. The summed E-state index contributed by atoms with van der Waals surface area (Å²) >= 11 is 0. The molecule has 0 radical (unpaired) electrons. The molecule has 25 heavy (non-hydrogen) atoms. The van der Waals surface area contributed by atoms with E-state index < -0.39 is 11.9 Å². The number of hydrogen-bond acceptors (Lipinski definition) is 4. The van der Waals surface area contributed by atoms with Gasteiger partial charge in [0.2, 0.25) is 0 Å². The molecular weight excluding hydrogens is 322 g/mol. The fourth-order valence-corrected chi connectivity index (χ4v) is 2.16. The lowest BCUT2D eigenvalue weighted by atomic mass is 10.1. The number of amides is 1. The highest BCUT2D eigenvalue weighted by Gasteiger charge is 2.15. The van der Waals surface area contributed by atoms with Gasteiger partial charge < -0.3 is 19.9 Å². The molecule has 0 aromatic heterocycles. The van der Waals surface area contributed by atoms with Gasteiger partial charge in [0.1, 0.15) is 17.2 Å². The number of nitrogens with one attached hydrogen (secondary N) is 1. The molecule has 2 rings (SSSR count). The predicted octanol–water partition coefficient (Wildman–Crippen LogP) is 2.87. The van der Waals surface area contributed by atoms with E-state index in [0.29, 0.717) is 22.6 Å². The van der Waals surface area contributed by atoms with Crippen LogP contribution in [0.4, 0.5) is 0 Å². The molecule has 0 saturated heterocycles. The minimum absolute atomic E-state index is 0.267. The third-order valence-electron chi connectivity index (χ3n) is 3.53. The molecule has 0 heterocycles. The molecule has 2 N–H and O–H groups in total. The number of ether oxygens (including phenoxy) is 2. The van der Waals surface area contributed by atoms with E-state index in [9.17, 15) is 14.7 Å². The van der Waals surface area contributed by atoms with Crippen LogP contribution in [0.2, 0.25) is 0 Å². The number of carboxylic acid groups (broad SMARTS) is 1. The molecule has 0 spiro atoms. The quantitative estimate of drug-likeness (QED) is 0.789. The molecule has 0 atom stereocenters. The molecule has 0 aliphatic carbocycles. The Morgan fingerprint density at radius 2 is 1.72 bits per heavy atom. The number of carbonyl (C=O) groups is 2. The summed E-state index contributed by atoms with van der Waals surface area (Å²) in [6.45, 7) is 1.90. The second-order valence-electron chi connectivity index (χ2n) is 5.29. The lowest BCUT2D eigenvalue weighted by Crippen LogP contribution is -2.27. The molecule has 6 heteroatoms. The number of benzene rings is 2. The number of methoxy groups -OCH3 is 2. The number of rotatable bonds is 6. The van der Waals surface area contributed by atoms with Gasteiger partial charge in [-0.05, 0) is 43.3 Å². The Hall–Kier alpha value is -3.28. The predicted molar refractivity (Wildman–Crippen MR) is 93.8 cm³/mol. The largest absolute Gasteiger partial charge is 0.497 e. The van der Waals surface area contributed by atoms with Crippen molar-refractivity contribution in [2.45, 2.75) is 6.92 Å². The maximum absolute atomic E-state index is 12.3. The number of hydrogen-bond donors (Lipinski definition) is 2. The molecule has 0 aliphatic rings. The summed E-state index contributed by atoms with van der Waals surface area (Å²) in [6.07, 6.45) is 1.33. The zero-order valence-electron chi connectivity index (χ0n) is 14.2. The normalized spacial score (nSPS) is 10.9. The lowest BCUT2D eigenvalue weighted by molar-refractivity contribution is -0.132. The van der Waals surface area contributed by atoms with Gasteiger partial charge in [-0.1, -0.05) is 17.7 Å². The highest BCUT2D eigenvalue weighted by Crippen LogP contribution is 2.26. The number of carboxylic acids is 1. The molecule has 0 fully saturated rings. The van der Waals surface area contributed by atoms with E-state index in [-0.39, 0.29) is 5.70 Å². The zero-order chi connectivity index (χ0) is 18.4. The van der Waals surface area contributed by atoms with Crippen molar-refractivity contribution >= 4 is 18.0 Å². The maximum atomic E-state index is 12.3. The highest BCUT2D eigenvalue weighted by molar-refractivity contribution is 6.02. The summed E-state index contributed by atoms with van der Waals surface area (Å²) in [5, 5.41) is 11.8. The third kappa shape index (κ3) is 4.60. The Bertz CT molecular complexity index is 809. The van der Waals surface area contributed by atoms with Gasteiger partial charge in [0.25, 0.3) is 5.91 Å². The van der Waals surface area contributed by atoms with Gasteiger partial charge in [-0.15, -0.1) is 0 Å². The van der Waals surface area contributed by atoms with E-state index in [1.165, 1.54) is 20.3 Å². The standard InChI is InChI=1S/C19H19NO5/c1-12-4-6-13(7-5-12)18(21)20-16(19(22)23)11-14-10-15(24-2)8-9-17(14)25-3/h4-11H,1-3H3,(H,20,21)(H,22,23). The van der Waals surface area contributed by atoms with Crippen molar-refractivity contribution in [1.29, 1.82) is 0 Å². The van der Waals surface area contributed by atoms with Crippen LogP contribution in [-0.2, 0) is 4.79 Å². The summed E-state index contributed by atoms with van der Waals surface area (Å²) in [6, 6.07) is 11.8. The first kappa shape index (κ1) is 18.1. The van der Waals surface area contributed by atoms with Crippen molar-refractivity contribution in [3.63, 3.8) is 0 Å². The molecule has 0 unspecified atom stereocenters. The second-order valence-corrected chi connectivity index (χ2v) is 5.29. The summed E-state index contributed by atoms with van der Waals surface area (Å²) in [4.78, 5) is 23.8. The van der Waals surface area contributed by atoms with Crippen molar-refractivity contribution in [3.8, 4) is 11.5 Å². The Morgan fingerprint density at radius 1 is 1.04 bits per heavy atom. The van der Waals surface area contributed by atoms with Gasteiger partial charge >= 0.3 is 5.97 Å². The third-order valence-corrected chi connectivity index (χ3v) is 3.53. The summed E-state index contributed by atoms with van der Waals surface area (Å²) < 4.78 is 10.4. The minimum atomic E-state index is -1.26. The second kappa shape index (κ2) is 8.01. The van der Waals surface area contributed by atoms with Crippen molar-refractivity contribution in [3.05, 3.63) is 64.9 Å². The molecule has 0 saturated carbocycles. The molecule has 6 nitrogen and oxygen atoms in total. The summed E-state index contributed by atoms with van der Waals surface area (Å²) in [7, 11) is 2.98. The van der Waals surface area contributed by atoms with Crippen LogP contribution in [0.25, 0.3) is 6.08 Å². The molecule has 2 aromatic carbocycles. The molecule has 2 aromatic rings. The van der Waals surface area contributed by atoms with Crippen LogP contribution in [0.3, 0.4) is 0 Å². The maximum Gasteiger partial charge on any atom is 0.352 e. The Balaban J connectivity index is 2.34. The van der Waals surface area contributed by atoms with Gasteiger partial charge in [-0.25, -0.2) is 4.79 Å². The van der Waals surface area contributed by atoms with Gasteiger partial charge in [0, 0.05) is 11.1 Å². The number of aryl methyl sites for hydroxylation is 1. The first-order valence-corrected chi connectivity index (χ1v) is 7.49. The summed E-state index contributed by atoms with van der Waals surface area (Å²) in [5.41, 5.74) is 1.59. The average molecular weight is 341 g/mol. The van der Waals surface area contributed by atoms with Crippen LogP contribution in [-0.4, -0.2) is 31.2 Å². The monoisotopic (exact) mass is 341 g/mol. The van der Waals surface area contributed by atoms with Crippen LogP contribution in [0.5, 0.6) is 11.5 Å². The molecule has 130 valence electrons. The number of aliphatic carboxylic acids is 1. The van der Waals surface area contributed by atoms with E-state index >= 15 is 0 Å². The van der Waals surface area contributed by atoms with Crippen LogP contribution < -0.4 is 14.8 Å². The Labute approximate surface area is 145 Å². The zero-order valence-corrected chi connectivity index (χ0v) is 14.2.